The van der Waals surface area contributed by atoms with Gasteiger partial charge in [0.2, 0.25) is 15.9 Å². The first kappa shape index (κ1) is 21.0. The molecular weight excluding hydrogens is 390 g/mol. The normalized spacial score (nSPS) is 14.7. The van der Waals surface area contributed by atoms with Crippen LogP contribution in [0.4, 0.5) is 11.4 Å². The van der Waals surface area contributed by atoms with Gasteiger partial charge in [-0.25, -0.2) is 8.42 Å². The highest BCUT2D eigenvalue weighted by atomic mass is 32.2. The zero-order valence-corrected chi connectivity index (χ0v) is 17.6. The number of nitrogens with one attached hydrogen (secondary N) is 1. The highest BCUT2D eigenvalue weighted by Gasteiger charge is 2.23. The highest BCUT2D eigenvalue weighted by molar-refractivity contribution is 7.89. The van der Waals surface area contributed by atoms with E-state index in [1.807, 2.05) is 0 Å². The van der Waals surface area contributed by atoms with Gasteiger partial charge in [0, 0.05) is 43.0 Å². The van der Waals surface area contributed by atoms with Gasteiger partial charge in [0.15, 0.2) is 0 Å². The lowest BCUT2D eigenvalue weighted by Gasteiger charge is -2.21. The molecule has 1 saturated heterocycles. The summed E-state index contributed by atoms with van der Waals surface area (Å²) in [6.07, 6.45) is 1.40. The Morgan fingerprint density at radius 2 is 1.69 bits per heavy atom. The van der Waals surface area contributed by atoms with Gasteiger partial charge in [-0.05, 0) is 68.8 Å². The topological polar surface area (TPSA) is 86.8 Å². The highest BCUT2D eigenvalue weighted by Crippen LogP contribution is 2.23. The first-order chi connectivity index (χ1) is 13.7. The lowest BCUT2D eigenvalue weighted by Crippen LogP contribution is -2.33. The van der Waals surface area contributed by atoms with Crippen LogP contribution in [0.15, 0.2) is 53.4 Å². The Bertz CT molecular complexity index is 999. The molecule has 29 heavy (non-hydrogen) atoms. The third-order valence-electron chi connectivity index (χ3n) is 5.03. The van der Waals surface area contributed by atoms with Crippen molar-refractivity contribution in [2.45, 2.75) is 37.6 Å². The van der Waals surface area contributed by atoms with Gasteiger partial charge in [0.1, 0.15) is 0 Å². The molecule has 1 fully saturated rings. The number of carbonyl (C=O) groups is 2. The van der Waals surface area contributed by atoms with Crippen LogP contribution in [0.3, 0.4) is 0 Å². The molecule has 0 atom stereocenters. The van der Waals surface area contributed by atoms with Crippen LogP contribution in [0.5, 0.6) is 0 Å². The minimum atomic E-state index is -3.56. The number of sulfonamides is 1. The third kappa shape index (κ3) is 4.49. The van der Waals surface area contributed by atoms with Crippen LogP contribution in [-0.2, 0) is 14.8 Å². The largest absolute Gasteiger partial charge is 0.322 e. The molecule has 1 aliphatic heterocycles. The van der Waals surface area contributed by atoms with E-state index in [1.165, 1.54) is 23.5 Å². The van der Waals surface area contributed by atoms with Crippen molar-refractivity contribution in [2.75, 3.05) is 23.8 Å². The van der Waals surface area contributed by atoms with Gasteiger partial charge in [-0.3, -0.25) is 9.59 Å². The Balaban J connectivity index is 1.69. The summed E-state index contributed by atoms with van der Waals surface area (Å²) >= 11 is 0. The van der Waals surface area contributed by atoms with Crippen molar-refractivity contribution in [1.82, 2.24) is 4.31 Å². The van der Waals surface area contributed by atoms with Gasteiger partial charge in [-0.15, -0.1) is 0 Å². The Labute approximate surface area is 171 Å². The van der Waals surface area contributed by atoms with Crippen LogP contribution in [0.1, 0.15) is 37.0 Å². The zero-order chi connectivity index (χ0) is 21.2. The average Bonchev–Trinajstić information content (AvgIpc) is 3.13. The van der Waals surface area contributed by atoms with Crippen LogP contribution < -0.4 is 10.2 Å². The lowest BCUT2D eigenvalue weighted by molar-refractivity contribution is -0.117. The minimum absolute atomic E-state index is 0.0976. The number of amides is 2. The third-order valence-corrected chi connectivity index (χ3v) is 7.08. The van der Waals surface area contributed by atoms with Gasteiger partial charge >= 0.3 is 0 Å². The predicted molar refractivity (Wildman–Crippen MR) is 113 cm³/mol. The smallest absolute Gasteiger partial charge is 0.255 e. The number of anilines is 2. The second kappa shape index (κ2) is 8.34. The number of nitrogens with zero attached hydrogens (tertiary/aromatic N) is 2. The Morgan fingerprint density at radius 3 is 2.21 bits per heavy atom. The average molecular weight is 416 g/mol. The van der Waals surface area contributed by atoms with Gasteiger partial charge in [0.05, 0.1) is 4.90 Å². The van der Waals surface area contributed by atoms with Crippen molar-refractivity contribution in [2.24, 2.45) is 0 Å². The lowest BCUT2D eigenvalue weighted by atomic mass is 10.1. The molecule has 2 amide bonds. The van der Waals surface area contributed by atoms with Gasteiger partial charge < -0.3 is 10.2 Å². The fraction of sp³-hybridized carbons (Fsp3) is 0.333. The molecule has 0 saturated carbocycles. The summed E-state index contributed by atoms with van der Waals surface area (Å²) < 4.78 is 26.3. The van der Waals surface area contributed by atoms with Crippen molar-refractivity contribution in [3.8, 4) is 0 Å². The van der Waals surface area contributed by atoms with E-state index in [4.69, 9.17) is 0 Å². The second-order valence-corrected chi connectivity index (χ2v) is 9.29. The van der Waals surface area contributed by atoms with Crippen LogP contribution >= 0.6 is 0 Å². The number of hydrogen-bond acceptors (Lipinski definition) is 4. The zero-order valence-electron chi connectivity index (χ0n) is 16.8. The molecule has 0 aliphatic carbocycles. The van der Waals surface area contributed by atoms with E-state index in [9.17, 15) is 18.0 Å². The molecule has 0 spiro atoms. The van der Waals surface area contributed by atoms with Crippen LogP contribution in [0.25, 0.3) is 0 Å². The van der Waals surface area contributed by atoms with Crippen LogP contribution in [0, 0.1) is 0 Å². The minimum Gasteiger partial charge on any atom is -0.322 e. The van der Waals surface area contributed by atoms with E-state index in [-0.39, 0.29) is 22.8 Å². The Hall–Kier alpha value is -2.71. The second-order valence-electron chi connectivity index (χ2n) is 7.29. The van der Waals surface area contributed by atoms with Crippen molar-refractivity contribution >= 4 is 33.2 Å². The predicted octanol–water partition coefficient (Wildman–Crippen LogP) is 3.09. The quantitative estimate of drug-likeness (QED) is 0.785. The van der Waals surface area contributed by atoms with Crippen molar-refractivity contribution in [3.05, 3.63) is 54.1 Å². The number of rotatable bonds is 6. The fourth-order valence-corrected chi connectivity index (χ4v) is 4.44. The molecule has 3 rings (SSSR count). The maximum absolute atomic E-state index is 12.5. The van der Waals surface area contributed by atoms with Crippen molar-refractivity contribution in [3.63, 3.8) is 0 Å². The summed E-state index contributed by atoms with van der Waals surface area (Å²) in [4.78, 5) is 26.2. The molecule has 7 nitrogen and oxygen atoms in total. The van der Waals surface area contributed by atoms with E-state index in [2.05, 4.69) is 5.32 Å². The summed E-state index contributed by atoms with van der Waals surface area (Å²) in [5.41, 5.74) is 1.74. The van der Waals surface area contributed by atoms with Gasteiger partial charge in [-0.2, -0.15) is 4.31 Å². The number of carbonyl (C=O) groups excluding carboxylic acids is 2. The first-order valence-corrected chi connectivity index (χ1v) is 10.9. The Morgan fingerprint density at radius 1 is 1.07 bits per heavy atom. The molecule has 0 radical (unpaired) electrons. The molecule has 0 unspecified atom stereocenters. The number of hydrogen-bond donors (Lipinski definition) is 1. The monoisotopic (exact) mass is 415 g/mol. The molecule has 8 heteroatoms. The fourth-order valence-electron chi connectivity index (χ4n) is 3.07. The molecule has 0 bridgehead atoms. The van der Waals surface area contributed by atoms with E-state index < -0.39 is 10.0 Å². The first-order valence-electron chi connectivity index (χ1n) is 9.50. The summed E-state index contributed by atoms with van der Waals surface area (Å²) in [5.74, 6) is -0.209. The maximum Gasteiger partial charge on any atom is 0.255 e. The molecule has 0 aromatic heterocycles. The Kier molecular flexibility index (Phi) is 6.04. The summed E-state index contributed by atoms with van der Waals surface area (Å²) in [7, 11) is -2.03. The summed E-state index contributed by atoms with van der Waals surface area (Å²) in [6.45, 7) is 4.31. The maximum atomic E-state index is 12.5. The van der Waals surface area contributed by atoms with E-state index >= 15 is 0 Å². The molecule has 154 valence electrons. The standard InChI is InChI=1S/C21H25N3O4S/c1-15(2)23(3)29(27,28)19-12-8-17(9-13-19)22-21(26)16-6-10-18(11-7-16)24-14-4-5-20(24)25/h6-13,15H,4-5,14H2,1-3H3,(H,22,26). The van der Waals surface area contributed by atoms with Gasteiger partial charge in [0.25, 0.3) is 5.91 Å². The van der Waals surface area contributed by atoms with Crippen molar-refractivity contribution < 1.29 is 18.0 Å². The molecular formula is C21H25N3O4S. The number of benzene rings is 2. The van der Waals surface area contributed by atoms with E-state index in [0.29, 0.717) is 24.2 Å². The van der Waals surface area contributed by atoms with Crippen molar-refractivity contribution in [1.29, 1.82) is 0 Å². The SMILES string of the molecule is CC(C)N(C)S(=O)(=O)c1ccc(NC(=O)c2ccc(N3CCCC3=O)cc2)cc1. The van der Waals surface area contributed by atoms with Gasteiger partial charge in [-0.1, -0.05) is 0 Å². The molecule has 1 N–H and O–H groups in total. The van der Waals surface area contributed by atoms with Crippen LogP contribution in [-0.4, -0.2) is 44.2 Å². The van der Waals surface area contributed by atoms with E-state index in [0.717, 1.165) is 12.1 Å². The summed E-state index contributed by atoms with van der Waals surface area (Å²) in [6, 6.07) is 12.8. The molecule has 2 aromatic carbocycles. The molecule has 2 aromatic rings. The molecule has 1 aliphatic rings. The van der Waals surface area contributed by atoms with E-state index in [1.54, 1.807) is 55.1 Å². The van der Waals surface area contributed by atoms with Crippen LogP contribution in [0.2, 0.25) is 0 Å². The molecule has 1 heterocycles. The summed E-state index contributed by atoms with van der Waals surface area (Å²) in [5, 5.41) is 2.76.